The zero-order valence-corrected chi connectivity index (χ0v) is 12.7. The molecule has 0 radical (unpaired) electrons. The van der Waals surface area contributed by atoms with E-state index >= 15 is 0 Å². The highest BCUT2D eigenvalue weighted by Crippen LogP contribution is 2.33. The minimum atomic E-state index is -0.485. The van der Waals surface area contributed by atoms with Crippen molar-refractivity contribution in [3.63, 3.8) is 0 Å². The van der Waals surface area contributed by atoms with Gasteiger partial charge in [-0.15, -0.1) is 0 Å². The van der Waals surface area contributed by atoms with Gasteiger partial charge in [0.05, 0.1) is 17.7 Å². The number of hydrogen-bond acceptors (Lipinski definition) is 5. The highest BCUT2D eigenvalue weighted by molar-refractivity contribution is 14.1. The van der Waals surface area contributed by atoms with Crippen LogP contribution in [-0.4, -0.2) is 16.5 Å². The SMILES string of the molecule is CCOc1cc(Oc2ccc(I)nc2)ccc1[N+](=O)[O-]. The molecule has 0 saturated heterocycles. The average Bonchev–Trinajstić information content (AvgIpc) is 2.42. The summed E-state index contributed by atoms with van der Waals surface area (Å²) in [5.74, 6) is 1.21. The summed E-state index contributed by atoms with van der Waals surface area (Å²) in [4.78, 5) is 14.5. The van der Waals surface area contributed by atoms with Crippen LogP contribution < -0.4 is 9.47 Å². The fourth-order valence-corrected chi connectivity index (χ4v) is 1.86. The van der Waals surface area contributed by atoms with Gasteiger partial charge < -0.3 is 9.47 Å². The lowest BCUT2D eigenvalue weighted by atomic mass is 10.3. The molecule has 0 amide bonds. The fourth-order valence-electron chi connectivity index (χ4n) is 1.54. The average molecular weight is 386 g/mol. The lowest BCUT2D eigenvalue weighted by Crippen LogP contribution is -1.98. The standard InChI is InChI=1S/C13H11IN2O4/c1-2-19-12-7-9(3-5-11(12)16(17)18)20-10-4-6-13(14)15-8-10/h3-8H,2H2,1H3. The van der Waals surface area contributed by atoms with Crippen molar-refractivity contribution in [3.05, 3.63) is 50.3 Å². The normalized spacial score (nSPS) is 10.1. The van der Waals surface area contributed by atoms with Crippen molar-refractivity contribution < 1.29 is 14.4 Å². The molecule has 20 heavy (non-hydrogen) atoms. The Morgan fingerprint density at radius 3 is 2.65 bits per heavy atom. The Bertz CT molecular complexity index is 616. The van der Waals surface area contributed by atoms with Crippen LogP contribution in [0, 0.1) is 13.8 Å². The maximum atomic E-state index is 10.9. The molecule has 0 saturated carbocycles. The Kier molecular flexibility index (Phi) is 4.72. The van der Waals surface area contributed by atoms with Crippen molar-refractivity contribution in [1.29, 1.82) is 0 Å². The lowest BCUT2D eigenvalue weighted by Gasteiger charge is -2.08. The molecule has 0 aliphatic heterocycles. The molecule has 1 aromatic carbocycles. The predicted molar refractivity (Wildman–Crippen MR) is 81.3 cm³/mol. The second-order valence-electron chi connectivity index (χ2n) is 3.74. The molecule has 7 heteroatoms. The summed E-state index contributed by atoms with van der Waals surface area (Å²) >= 11 is 2.09. The van der Waals surface area contributed by atoms with Gasteiger partial charge in [0.25, 0.3) is 0 Å². The number of rotatable bonds is 5. The van der Waals surface area contributed by atoms with Crippen molar-refractivity contribution in [3.8, 4) is 17.2 Å². The molecule has 0 bridgehead atoms. The quantitative estimate of drug-likeness (QED) is 0.338. The van der Waals surface area contributed by atoms with E-state index in [0.717, 1.165) is 3.70 Å². The third-order valence-electron chi connectivity index (χ3n) is 2.36. The van der Waals surface area contributed by atoms with Gasteiger partial charge in [0, 0.05) is 12.1 Å². The zero-order chi connectivity index (χ0) is 14.5. The fraction of sp³-hybridized carbons (Fsp3) is 0.154. The number of ether oxygens (including phenoxy) is 2. The molecule has 0 fully saturated rings. The first-order valence-electron chi connectivity index (χ1n) is 5.81. The second-order valence-corrected chi connectivity index (χ2v) is 4.84. The van der Waals surface area contributed by atoms with Gasteiger partial charge in [-0.05, 0) is 47.7 Å². The van der Waals surface area contributed by atoms with E-state index in [1.807, 2.05) is 6.07 Å². The van der Waals surface area contributed by atoms with Crippen molar-refractivity contribution in [2.45, 2.75) is 6.92 Å². The van der Waals surface area contributed by atoms with Crippen molar-refractivity contribution in [2.24, 2.45) is 0 Å². The van der Waals surface area contributed by atoms with E-state index in [-0.39, 0.29) is 11.4 Å². The van der Waals surface area contributed by atoms with Crippen molar-refractivity contribution in [2.75, 3.05) is 6.61 Å². The van der Waals surface area contributed by atoms with E-state index in [4.69, 9.17) is 9.47 Å². The van der Waals surface area contributed by atoms with E-state index in [1.54, 1.807) is 19.2 Å². The molecule has 0 spiro atoms. The van der Waals surface area contributed by atoms with Crippen LogP contribution >= 0.6 is 22.6 Å². The van der Waals surface area contributed by atoms with Crippen LogP contribution in [0.5, 0.6) is 17.2 Å². The summed E-state index contributed by atoms with van der Waals surface area (Å²) in [6.45, 7) is 2.11. The van der Waals surface area contributed by atoms with Crippen LogP contribution in [0.15, 0.2) is 36.5 Å². The third kappa shape index (κ3) is 3.56. The van der Waals surface area contributed by atoms with Crippen molar-refractivity contribution >= 4 is 28.3 Å². The van der Waals surface area contributed by atoms with Gasteiger partial charge >= 0.3 is 5.69 Å². The summed E-state index contributed by atoms with van der Waals surface area (Å²) in [6.07, 6.45) is 1.59. The molecule has 1 heterocycles. The van der Waals surface area contributed by atoms with Gasteiger partial charge in [-0.25, -0.2) is 4.98 Å². The first-order chi connectivity index (χ1) is 9.60. The van der Waals surface area contributed by atoms with Crippen molar-refractivity contribution in [1.82, 2.24) is 4.98 Å². The van der Waals surface area contributed by atoms with Gasteiger partial charge in [-0.3, -0.25) is 10.1 Å². The van der Waals surface area contributed by atoms with E-state index in [0.29, 0.717) is 18.1 Å². The molecule has 0 aliphatic rings. The van der Waals surface area contributed by atoms with Crippen LogP contribution in [0.2, 0.25) is 0 Å². The molecule has 6 nitrogen and oxygen atoms in total. The summed E-state index contributed by atoms with van der Waals surface area (Å²) < 4.78 is 11.7. The van der Waals surface area contributed by atoms with E-state index < -0.39 is 4.92 Å². The van der Waals surface area contributed by atoms with Crippen LogP contribution in [-0.2, 0) is 0 Å². The molecule has 0 atom stereocenters. The number of aromatic nitrogens is 1. The second kappa shape index (κ2) is 6.51. The lowest BCUT2D eigenvalue weighted by molar-refractivity contribution is -0.385. The van der Waals surface area contributed by atoms with Gasteiger partial charge in [0.15, 0.2) is 0 Å². The highest BCUT2D eigenvalue weighted by atomic mass is 127. The Balaban J connectivity index is 2.26. The number of nitro groups is 1. The number of pyridine rings is 1. The van der Waals surface area contributed by atoms with E-state index in [2.05, 4.69) is 27.6 Å². The molecular formula is C13H11IN2O4. The number of hydrogen-bond donors (Lipinski definition) is 0. The number of benzene rings is 1. The smallest absolute Gasteiger partial charge is 0.311 e. The van der Waals surface area contributed by atoms with Gasteiger partial charge in [-0.2, -0.15) is 0 Å². The van der Waals surface area contributed by atoms with E-state index in [1.165, 1.54) is 18.2 Å². The largest absolute Gasteiger partial charge is 0.487 e. The van der Waals surface area contributed by atoms with E-state index in [9.17, 15) is 10.1 Å². The first-order valence-corrected chi connectivity index (χ1v) is 6.88. The Morgan fingerprint density at radius 1 is 1.30 bits per heavy atom. The number of nitrogens with zero attached hydrogens (tertiary/aromatic N) is 2. The molecule has 2 aromatic rings. The topological polar surface area (TPSA) is 74.5 Å². The number of halogens is 1. The van der Waals surface area contributed by atoms with Gasteiger partial charge in [-0.1, -0.05) is 0 Å². The molecule has 0 aliphatic carbocycles. The van der Waals surface area contributed by atoms with Crippen LogP contribution in [0.4, 0.5) is 5.69 Å². The third-order valence-corrected chi connectivity index (χ3v) is 3.00. The predicted octanol–water partition coefficient (Wildman–Crippen LogP) is 3.79. The molecule has 0 unspecified atom stereocenters. The maximum absolute atomic E-state index is 10.9. The summed E-state index contributed by atoms with van der Waals surface area (Å²) in [7, 11) is 0. The molecular weight excluding hydrogens is 375 g/mol. The summed E-state index contributed by atoms with van der Waals surface area (Å²) in [5, 5.41) is 10.9. The first kappa shape index (κ1) is 14.5. The molecule has 1 aromatic heterocycles. The van der Waals surface area contributed by atoms with Gasteiger partial charge in [0.1, 0.15) is 15.2 Å². The minimum Gasteiger partial charge on any atom is -0.487 e. The number of nitro benzene ring substituents is 1. The zero-order valence-electron chi connectivity index (χ0n) is 10.6. The van der Waals surface area contributed by atoms with Gasteiger partial charge in [0.2, 0.25) is 5.75 Å². The molecule has 0 N–H and O–H groups in total. The minimum absolute atomic E-state index is 0.0834. The van der Waals surface area contributed by atoms with Crippen LogP contribution in [0.25, 0.3) is 0 Å². The Labute approximate surface area is 129 Å². The Hall–Kier alpha value is -1.90. The molecule has 2 rings (SSSR count). The summed E-state index contributed by atoms with van der Waals surface area (Å²) in [5.41, 5.74) is -0.0834. The van der Waals surface area contributed by atoms with Crippen LogP contribution in [0.1, 0.15) is 6.92 Å². The summed E-state index contributed by atoms with van der Waals surface area (Å²) in [6, 6.07) is 7.97. The highest BCUT2D eigenvalue weighted by Gasteiger charge is 2.16. The monoisotopic (exact) mass is 386 g/mol. The molecule has 104 valence electrons. The Morgan fingerprint density at radius 2 is 2.05 bits per heavy atom. The maximum Gasteiger partial charge on any atom is 0.311 e. The van der Waals surface area contributed by atoms with Crippen LogP contribution in [0.3, 0.4) is 0 Å².